The zero-order valence-corrected chi connectivity index (χ0v) is 13.7. The second-order valence-corrected chi connectivity index (χ2v) is 5.37. The molecule has 1 N–H and O–H groups in total. The maximum Gasteiger partial charge on any atom is 0.253 e. The predicted molar refractivity (Wildman–Crippen MR) is 89.3 cm³/mol. The van der Waals surface area contributed by atoms with Gasteiger partial charge < -0.3 is 14.6 Å². The number of carbonyl (C=O) groups excluding carboxylic acids is 1. The molecule has 1 amide bonds. The molecular formula is C17H19ClN2O2. The van der Waals surface area contributed by atoms with Crippen LogP contribution in [0.25, 0.3) is 5.69 Å². The van der Waals surface area contributed by atoms with Gasteiger partial charge in [-0.15, -0.1) is 6.58 Å². The number of hydrogen-bond acceptors (Lipinski definition) is 2. The van der Waals surface area contributed by atoms with Crippen LogP contribution in [-0.4, -0.2) is 24.1 Å². The molecule has 0 bridgehead atoms. The standard InChI is InChI=1S/C17H19ClN2O2/c1-5-8-19-17(21)14-9-11(2)20(12(14)3)15-10-13(18)6-7-16(15)22-4/h5-7,9-10H,1,8H2,2-4H3,(H,19,21). The fourth-order valence-electron chi connectivity index (χ4n) is 2.46. The number of carbonyl (C=O) groups is 1. The Morgan fingerprint density at radius 3 is 2.77 bits per heavy atom. The van der Waals surface area contributed by atoms with Gasteiger partial charge in [0.1, 0.15) is 5.75 Å². The summed E-state index contributed by atoms with van der Waals surface area (Å²) in [4.78, 5) is 12.2. The van der Waals surface area contributed by atoms with Gasteiger partial charge in [-0.05, 0) is 38.1 Å². The highest BCUT2D eigenvalue weighted by Crippen LogP contribution is 2.30. The molecular weight excluding hydrogens is 300 g/mol. The third-order valence-electron chi connectivity index (χ3n) is 3.46. The molecule has 2 aromatic rings. The molecule has 0 saturated carbocycles. The van der Waals surface area contributed by atoms with E-state index in [4.69, 9.17) is 16.3 Å². The summed E-state index contributed by atoms with van der Waals surface area (Å²) < 4.78 is 7.37. The lowest BCUT2D eigenvalue weighted by molar-refractivity contribution is 0.0957. The van der Waals surface area contributed by atoms with Gasteiger partial charge in [0.25, 0.3) is 5.91 Å². The molecule has 5 heteroatoms. The Hall–Kier alpha value is -2.20. The van der Waals surface area contributed by atoms with Gasteiger partial charge >= 0.3 is 0 Å². The number of nitrogens with one attached hydrogen (secondary N) is 1. The Morgan fingerprint density at radius 1 is 1.41 bits per heavy atom. The van der Waals surface area contributed by atoms with Crippen molar-refractivity contribution in [3.05, 3.63) is 58.9 Å². The van der Waals surface area contributed by atoms with Crippen molar-refractivity contribution in [2.45, 2.75) is 13.8 Å². The molecule has 0 saturated heterocycles. The average molecular weight is 319 g/mol. The van der Waals surface area contributed by atoms with Crippen molar-refractivity contribution in [3.63, 3.8) is 0 Å². The summed E-state index contributed by atoms with van der Waals surface area (Å²) in [6, 6.07) is 7.27. The van der Waals surface area contributed by atoms with Crippen LogP contribution in [0, 0.1) is 13.8 Å². The van der Waals surface area contributed by atoms with Crippen LogP contribution in [0.15, 0.2) is 36.9 Å². The van der Waals surface area contributed by atoms with Gasteiger partial charge in [-0.3, -0.25) is 4.79 Å². The zero-order valence-electron chi connectivity index (χ0n) is 12.9. The van der Waals surface area contributed by atoms with Crippen LogP contribution in [0.5, 0.6) is 5.75 Å². The number of ether oxygens (including phenoxy) is 1. The lowest BCUT2D eigenvalue weighted by Crippen LogP contribution is -2.23. The van der Waals surface area contributed by atoms with E-state index in [-0.39, 0.29) is 5.91 Å². The van der Waals surface area contributed by atoms with E-state index in [1.165, 1.54) is 0 Å². The van der Waals surface area contributed by atoms with Crippen molar-refractivity contribution in [2.24, 2.45) is 0 Å². The number of aryl methyl sites for hydroxylation is 1. The number of hydrogen-bond donors (Lipinski definition) is 1. The first-order valence-corrected chi connectivity index (χ1v) is 7.29. The van der Waals surface area contributed by atoms with Crippen molar-refractivity contribution in [1.82, 2.24) is 9.88 Å². The molecule has 1 heterocycles. The minimum absolute atomic E-state index is 0.125. The third kappa shape index (κ3) is 3.02. The number of methoxy groups -OCH3 is 1. The fourth-order valence-corrected chi connectivity index (χ4v) is 2.63. The van der Waals surface area contributed by atoms with E-state index in [9.17, 15) is 4.79 Å². The van der Waals surface area contributed by atoms with Crippen LogP contribution in [0.4, 0.5) is 0 Å². The lowest BCUT2D eigenvalue weighted by Gasteiger charge is -2.14. The fraction of sp³-hybridized carbons (Fsp3) is 0.235. The first-order chi connectivity index (χ1) is 10.5. The normalized spacial score (nSPS) is 10.4. The Bertz CT molecular complexity index is 720. The van der Waals surface area contributed by atoms with Crippen molar-refractivity contribution in [1.29, 1.82) is 0 Å². The molecule has 0 aliphatic heterocycles. The van der Waals surface area contributed by atoms with Crippen molar-refractivity contribution in [2.75, 3.05) is 13.7 Å². The third-order valence-corrected chi connectivity index (χ3v) is 3.70. The highest BCUT2D eigenvalue weighted by Gasteiger charge is 2.18. The molecule has 1 aromatic heterocycles. The van der Waals surface area contributed by atoms with E-state index in [1.54, 1.807) is 19.3 Å². The number of halogens is 1. The van der Waals surface area contributed by atoms with Crippen LogP contribution in [0.3, 0.4) is 0 Å². The van der Waals surface area contributed by atoms with E-state index in [0.29, 0.717) is 22.9 Å². The second-order valence-electron chi connectivity index (χ2n) is 4.94. The molecule has 2 rings (SSSR count). The first kappa shape index (κ1) is 16.2. The maximum atomic E-state index is 12.2. The molecule has 0 aliphatic rings. The van der Waals surface area contributed by atoms with Gasteiger partial charge in [0, 0.05) is 23.0 Å². The van der Waals surface area contributed by atoms with Gasteiger partial charge in [-0.1, -0.05) is 17.7 Å². The molecule has 0 radical (unpaired) electrons. The van der Waals surface area contributed by atoms with E-state index in [1.807, 2.05) is 36.6 Å². The van der Waals surface area contributed by atoms with Gasteiger partial charge in [-0.2, -0.15) is 0 Å². The van der Waals surface area contributed by atoms with Gasteiger partial charge in [0.15, 0.2) is 0 Å². The Kier molecular flexibility index (Phi) is 4.93. The van der Waals surface area contributed by atoms with E-state index >= 15 is 0 Å². The zero-order chi connectivity index (χ0) is 16.3. The predicted octanol–water partition coefficient (Wildman–Crippen LogP) is 3.67. The molecule has 22 heavy (non-hydrogen) atoms. The minimum Gasteiger partial charge on any atom is -0.495 e. The monoisotopic (exact) mass is 318 g/mol. The maximum absolute atomic E-state index is 12.2. The number of benzene rings is 1. The van der Waals surface area contributed by atoms with Gasteiger partial charge in [0.05, 0.1) is 18.4 Å². The summed E-state index contributed by atoms with van der Waals surface area (Å²) in [6.45, 7) is 7.87. The van der Waals surface area contributed by atoms with Crippen molar-refractivity contribution >= 4 is 17.5 Å². The molecule has 0 fully saturated rings. The lowest BCUT2D eigenvalue weighted by atomic mass is 10.2. The molecule has 4 nitrogen and oxygen atoms in total. The quantitative estimate of drug-likeness (QED) is 0.855. The van der Waals surface area contributed by atoms with E-state index in [2.05, 4.69) is 11.9 Å². The largest absolute Gasteiger partial charge is 0.495 e. The minimum atomic E-state index is -0.125. The van der Waals surface area contributed by atoms with Crippen molar-refractivity contribution < 1.29 is 9.53 Å². The summed E-state index contributed by atoms with van der Waals surface area (Å²) in [5, 5.41) is 3.41. The van der Waals surface area contributed by atoms with Gasteiger partial charge in [-0.25, -0.2) is 0 Å². The molecule has 0 aliphatic carbocycles. The van der Waals surface area contributed by atoms with E-state index < -0.39 is 0 Å². The van der Waals surface area contributed by atoms with Crippen LogP contribution in [0.2, 0.25) is 5.02 Å². The summed E-state index contributed by atoms with van der Waals surface area (Å²) in [5.41, 5.74) is 3.20. The average Bonchev–Trinajstić information content (AvgIpc) is 2.79. The molecule has 0 unspecified atom stereocenters. The Balaban J connectivity index is 2.54. The number of nitrogens with zero attached hydrogens (tertiary/aromatic N) is 1. The molecule has 116 valence electrons. The summed E-state index contributed by atoms with van der Waals surface area (Å²) in [6.07, 6.45) is 1.65. The summed E-state index contributed by atoms with van der Waals surface area (Å²) >= 11 is 6.11. The molecule has 0 atom stereocenters. The smallest absolute Gasteiger partial charge is 0.253 e. The van der Waals surface area contributed by atoms with Crippen LogP contribution < -0.4 is 10.1 Å². The van der Waals surface area contributed by atoms with Crippen LogP contribution >= 0.6 is 11.6 Å². The number of rotatable bonds is 5. The van der Waals surface area contributed by atoms with E-state index in [0.717, 1.165) is 17.1 Å². The van der Waals surface area contributed by atoms with Crippen LogP contribution in [0.1, 0.15) is 21.7 Å². The van der Waals surface area contributed by atoms with Gasteiger partial charge in [0.2, 0.25) is 0 Å². The highest BCUT2D eigenvalue weighted by atomic mass is 35.5. The summed E-state index contributed by atoms with van der Waals surface area (Å²) in [7, 11) is 1.61. The number of aromatic nitrogens is 1. The first-order valence-electron chi connectivity index (χ1n) is 6.91. The SMILES string of the molecule is C=CCNC(=O)c1cc(C)n(-c2cc(Cl)ccc2OC)c1C. The Morgan fingerprint density at radius 2 is 2.14 bits per heavy atom. The van der Waals surface area contributed by atoms with Crippen molar-refractivity contribution in [3.8, 4) is 11.4 Å². The second kappa shape index (κ2) is 6.71. The highest BCUT2D eigenvalue weighted by molar-refractivity contribution is 6.30. The topological polar surface area (TPSA) is 43.3 Å². The Labute approximate surface area is 135 Å². The summed E-state index contributed by atoms with van der Waals surface area (Å²) in [5.74, 6) is 0.574. The van der Waals surface area contributed by atoms with Crippen LogP contribution in [-0.2, 0) is 0 Å². The molecule has 1 aromatic carbocycles. The number of amides is 1. The molecule has 0 spiro atoms.